The van der Waals surface area contributed by atoms with E-state index in [0.29, 0.717) is 18.4 Å². The van der Waals surface area contributed by atoms with Gasteiger partial charge >= 0.3 is 0 Å². The minimum Gasteiger partial charge on any atom is -0.352 e. The summed E-state index contributed by atoms with van der Waals surface area (Å²) in [5.74, 6) is 1.80. The van der Waals surface area contributed by atoms with Gasteiger partial charge in [-0.05, 0) is 43.9 Å². The first-order valence-electron chi connectivity index (χ1n) is 9.79. The fourth-order valence-electron chi connectivity index (χ4n) is 4.70. The molecule has 0 spiro atoms. The van der Waals surface area contributed by atoms with Crippen molar-refractivity contribution in [2.45, 2.75) is 70.0 Å². The van der Waals surface area contributed by atoms with Crippen molar-refractivity contribution >= 4 is 5.91 Å². The largest absolute Gasteiger partial charge is 0.352 e. The standard InChI is InChI=1S/C19H30N4O/c24-19(6-3-10-22-11-9-20-14-22)21-18-13-23(16-4-1-2-5-16)12-17(18)15-7-8-15/h9,11,14-18H,1-8,10,12-13H2,(H,21,24). The van der Waals surface area contributed by atoms with Gasteiger partial charge in [0, 0.05) is 50.5 Å². The molecule has 2 aliphatic carbocycles. The monoisotopic (exact) mass is 330 g/mol. The lowest BCUT2D eigenvalue weighted by Crippen LogP contribution is -2.41. The highest BCUT2D eigenvalue weighted by Crippen LogP contribution is 2.42. The van der Waals surface area contributed by atoms with Gasteiger partial charge in [0.25, 0.3) is 0 Å². The fourth-order valence-corrected chi connectivity index (χ4v) is 4.70. The highest BCUT2D eigenvalue weighted by Gasteiger charge is 2.44. The van der Waals surface area contributed by atoms with E-state index < -0.39 is 0 Å². The van der Waals surface area contributed by atoms with Crippen LogP contribution in [0.5, 0.6) is 0 Å². The number of aryl methyl sites for hydroxylation is 1. The lowest BCUT2D eigenvalue weighted by Gasteiger charge is -2.23. The van der Waals surface area contributed by atoms with Crippen LogP contribution in [-0.4, -0.2) is 45.5 Å². The summed E-state index contributed by atoms with van der Waals surface area (Å²) < 4.78 is 2.04. The third-order valence-electron chi connectivity index (χ3n) is 6.19. The van der Waals surface area contributed by atoms with Gasteiger partial charge in [0.15, 0.2) is 0 Å². The predicted molar refractivity (Wildman–Crippen MR) is 93.4 cm³/mol. The van der Waals surface area contributed by atoms with Crippen LogP contribution < -0.4 is 5.32 Å². The number of amides is 1. The van der Waals surface area contributed by atoms with Crippen molar-refractivity contribution in [2.24, 2.45) is 11.8 Å². The third-order valence-corrected chi connectivity index (χ3v) is 6.19. The summed E-state index contributed by atoms with van der Waals surface area (Å²) in [6.07, 6.45) is 15.3. The van der Waals surface area contributed by atoms with Crippen LogP contribution in [0, 0.1) is 11.8 Å². The highest BCUT2D eigenvalue weighted by atomic mass is 16.1. The SMILES string of the molecule is O=C(CCCn1ccnc1)NC1CN(C2CCCC2)CC1C1CC1. The number of aromatic nitrogens is 2. The Bertz CT molecular complexity index is 534. The molecule has 0 aromatic carbocycles. The minimum absolute atomic E-state index is 0.235. The molecule has 132 valence electrons. The molecule has 4 rings (SSSR count). The molecule has 5 nitrogen and oxygen atoms in total. The average molecular weight is 330 g/mol. The van der Waals surface area contributed by atoms with Crippen LogP contribution in [0.15, 0.2) is 18.7 Å². The van der Waals surface area contributed by atoms with Crippen LogP contribution in [-0.2, 0) is 11.3 Å². The maximum Gasteiger partial charge on any atom is 0.220 e. The van der Waals surface area contributed by atoms with E-state index in [0.717, 1.165) is 31.5 Å². The first-order chi connectivity index (χ1) is 11.8. The van der Waals surface area contributed by atoms with Gasteiger partial charge in [0.2, 0.25) is 5.91 Å². The van der Waals surface area contributed by atoms with Gasteiger partial charge in [-0.25, -0.2) is 4.98 Å². The molecule has 2 unspecified atom stereocenters. The summed E-state index contributed by atoms with van der Waals surface area (Å²) in [4.78, 5) is 19.1. The Morgan fingerprint density at radius 1 is 1.17 bits per heavy atom. The molecule has 0 bridgehead atoms. The maximum atomic E-state index is 12.4. The van der Waals surface area contributed by atoms with Gasteiger partial charge < -0.3 is 9.88 Å². The number of carbonyl (C=O) groups is 1. The molecule has 2 heterocycles. The van der Waals surface area contributed by atoms with Gasteiger partial charge in [-0.1, -0.05) is 12.8 Å². The third kappa shape index (κ3) is 3.82. The molecular weight excluding hydrogens is 300 g/mol. The molecule has 1 amide bonds. The Labute approximate surface area is 144 Å². The summed E-state index contributed by atoms with van der Waals surface area (Å²) in [5, 5.41) is 3.38. The summed E-state index contributed by atoms with van der Waals surface area (Å²) in [5.41, 5.74) is 0. The number of nitrogens with zero attached hydrogens (tertiary/aromatic N) is 3. The molecule has 2 atom stereocenters. The molecule has 0 radical (unpaired) electrons. The quantitative estimate of drug-likeness (QED) is 0.835. The summed E-state index contributed by atoms with van der Waals surface area (Å²) in [6, 6.07) is 1.17. The molecule has 3 fully saturated rings. The lowest BCUT2D eigenvalue weighted by atomic mass is 9.98. The van der Waals surface area contributed by atoms with Crippen LogP contribution in [0.25, 0.3) is 0 Å². The number of imidazole rings is 1. The Morgan fingerprint density at radius 3 is 2.71 bits per heavy atom. The zero-order valence-corrected chi connectivity index (χ0v) is 14.6. The molecule has 1 saturated heterocycles. The van der Waals surface area contributed by atoms with Crippen molar-refractivity contribution in [3.8, 4) is 0 Å². The molecule has 1 aromatic rings. The maximum absolute atomic E-state index is 12.4. The minimum atomic E-state index is 0.235. The summed E-state index contributed by atoms with van der Waals surface area (Å²) >= 11 is 0. The van der Waals surface area contributed by atoms with E-state index in [9.17, 15) is 4.79 Å². The van der Waals surface area contributed by atoms with Crippen LogP contribution >= 0.6 is 0 Å². The van der Waals surface area contributed by atoms with Gasteiger partial charge in [-0.2, -0.15) is 0 Å². The van der Waals surface area contributed by atoms with E-state index >= 15 is 0 Å². The second-order valence-electron chi connectivity index (χ2n) is 7.97. The van der Waals surface area contributed by atoms with Crippen molar-refractivity contribution in [1.82, 2.24) is 19.8 Å². The van der Waals surface area contributed by atoms with Gasteiger partial charge in [0.05, 0.1) is 6.33 Å². The number of rotatable bonds is 7. The van der Waals surface area contributed by atoms with Crippen LogP contribution in [0.1, 0.15) is 51.4 Å². The number of hydrogen-bond donors (Lipinski definition) is 1. The van der Waals surface area contributed by atoms with Crippen molar-refractivity contribution in [1.29, 1.82) is 0 Å². The first kappa shape index (κ1) is 16.1. The number of nitrogens with one attached hydrogen (secondary N) is 1. The van der Waals surface area contributed by atoms with Crippen molar-refractivity contribution < 1.29 is 4.79 Å². The van der Waals surface area contributed by atoms with Crippen molar-refractivity contribution in [3.05, 3.63) is 18.7 Å². The Balaban J connectivity index is 1.26. The second-order valence-corrected chi connectivity index (χ2v) is 7.97. The number of likely N-dealkylation sites (tertiary alicyclic amines) is 1. The molecular formula is C19H30N4O. The highest BCUT2D eigenvalue weighted by molar-refractivity contribution is 5.76. The van der Waals surface area contributed by atoms with Gasteiger partial charge in [0.1, 0.15) is 0 Å². The summed E-state index contributed by atoms with van der Waals surface area (Å²) in [7, 11) is 0. The zero-order chi connectivity index (χ0) is 16.4. The van der Waals surface area contributed by atoms with Crippen LogP contribution in [0.2, 0.25) is 0 Å². The van der Waals surface area contributed by atoms with Crippen LogP contribution in [0.3, 0.4) is 0 Å². The van der Waals surface area contributed by atoms with Crippen molar-refractivity contribution in [2.75, 3.05) is 13.1 Å². The normalized spacial score (nSPS) is 28.5. The zero-order valence-electron chi connectivity index (χ0n) is 14.6. The Hall–Kier alpha value is -1.36. The summed E-state index contributed by atoms with van der Waals surface area (Å²) in [6.45, 7) is 3.17. The van der Waals surface area contributed by atoms with E-state index in [1.165, 1.54) is 45.1 Å². The van der Waals surface area contributed by atoms with E-state index in [2.05, 4.69) is 15.2 Å². The smallest absolute Gasteiger partial charge is 0.220 e. The molecule has 1 aliphatic heterocycles. The van der Waals surface area contributed by atoms with Gasteiger partial charge in [-0.15, -0.1) is 0 Å². The second kappa shape index (κ2) is 7.26. The van der Waals surface area contributed by atoms with Crippen molar-refractivity contribution in [3.63, 3.8) is 0 Å². The molecule has 5 heteroatoms. The topological polar surface area (TPSA) is 50.2 Å². The first-order valence-corrected chi connectivity index (χ1v) is 9.79. The van der Waals surface area contributed by atoms with Crippen LogP contribution in [0.4, 0.5) is 0 Å². The lowest BCUT2D eigenvalue weighted by molar-refractivity contribution is -0.122. The van der Waals surface area contributed by atoms with E-state index in [1.54, 1.807) is 6.20 Å². The fraction of sp³-hybridized carbons (Fsp3) is 0.789. The Kier molecular flexibility index (Phi) is 4.88. The Morgan fingerprint density at radius 2 is 2.00 bits per heavy atom. The molecule has 1 N–H and O–H groups in total. The number of carbonyl (C=O) groups excluding carboxylic acids is 1. The van der Waals surface area contributed by atoms with E-state index in [1.807, 2.05) is 17.1 Å². The molecule has 1 aromatic heterocycles. The molecule has 24 heavy (non-hydrogen) atoms. The number of hydrogen-bond acceptors (Lipinski definition) is 3. The van der Waals surface area contributed by atoms with Gasteiger partial charge in [-0.3, -0.25) is 9.69 Å². The average Bonchev–Trinajstić information content (AvgIpc) is 3.01. The molecule has 2 saturated carbocycles. The van der Waals surface area contributed by atoms with E-state index in [4.69, 9.17) is 0 Å². The van der Waals surface area contributed by atoms with E-state index in [-0.39, 0.29) is 5.91 Å². The molecule has 3 aliphatic rings. The predicted octanol–water partition coefficient (Wildman–Crippen LogP) is 2.43.